The first-order chi connectivity index (χ1) is 12.6. The second-order valence-electron chi connectivity index (χ2n) is 6.31. The second-order valence-corrected chi connectivity index (χ2v) is 6.31. The highest BCUT2D eigenvalue weighted by atomic mass is 16.5. The van der Waals surface area contributed by atoms with Crippen molar-refractivity contribution in [2.24, 2.45) is 5.73 Å². The zero-order valence-electron chi connectivity index (χ0n) is 17.1. The third-order valence-corrected chi connectivity index (χ3v) is 3.70. The summed E-state index contributed by atoms with van der Waals surface area (Å²) in [6.07, 6.45) is 7.62. The van der Waals surface area contributed by atoms with Crippen LogP contribution in [0, 0.1) is 16.7 Å². The lowest BCUT2D eigenvalue weighted by Gasteiger charge is -2.13. The molecule has 0 atom stereocenters. The molecule has 0 spiro atoms. The third-order valence-electron chi connectivity index (χ3n) is 3.70. The number of allylic oxidation sites excluding steroid dienone is 6. The van der Waals surface area contributed by atoms with E-state index >= 15 is 0 Å². The van der Waals surface area contributed by atoms with Crippen LogP contribution in [0.1, 0.15) is 60.3 Å². The summed E-state index contributed by atoms with van der Waals surface area (Å²) in [6, 6.07) is 2.07. The van der Waals surface area contributed by atoms with Crippen LogP contribution < -0.4 is 5.73 Å². The Morgan fingerprint density at radius 3 is 2.07 bits per heavy atom. The number of nitrogens with two attached hydrogens (primary N) is 1. The predicted molar refractivity (Wildman–Crippen MR) is 108 cm³/mol. The average molecular weight is 373 g/mol. The van der Waals surface area contributed by atoms with Crippen molar-refractivity contribution in [3.8, 4) is 6.07 Å². The Kier molecular flexibility index (Phi) is 11.2. The molecule has 0 aromatic rings. The molecule has 1 saturated carbocycles. The van der Waals surface area contributed by atoms with E-state index in [1.807, 2.05) is 0 Å². The van der Waals surface area contributed by atoms with Crippen LogP contribution in [0.5, 0.6) is 0 Å². The monoisotopic (exact) mass is 373 g/mol. The summed E-state index contributed by atoms with van der Waals surface area (Å²) >= 11 is 0. The van der Waals surface area contributed by atoms with Crippen LogP contribution in [0.15, 0.2) is 46.6 Å². The highest BCUT2D eigenvalue weighted by Crippen LogP contribution is 2.17. The minimum Gasteiger partial charge on any atom is -0.461 e. The molecule has 0 radical (unpaired) electrons. The van der Waals surface area contributed by atoms with Gasteiger partial charge in [-0.25, -0.2) is 4.79 Å². The smallest absolute Gasteiger partial charge is 0.358 e. The van der Waals surface area contributed by atoms with Gasteiger partial charge in [-0.15, -0.1) is 0 Å². The topological polar surface area (TPSA) is 109 Å². The molecular weight excluding hydrogens is 342 g/mol. The van der Waals surface area contributed by atoms with Gasteiger partial charge in [0.05, 0.1) is 24.0 Å². The van der Waals surface area contributed by atoms with E-state index in [2.05, 4.69) is 12.6 Å². The molecule has 0 heterocycles. The van der Waals surface area contributed by atoms with Gasteiger partial charge in [0.15, 0.2) is 11.5 Å². The standard InChI is InChI=1S/C17H23N3O3.C4H8/c1-7-22-17(21)15(20)16(13(6)19)23-12(5)8-11(4)14(9-18)10(2)3;1-2-4-3-1/h8,19H,2,7,20H2,1,3-6H3;1-4H2/b12-8+,14-11-,16-15+,19-13?;. The fourth-order valence-electron chi connectivity index (χ4n) is 1.97. The molecule has 0 unspecified atom stereocenters. The van der Waals surface area contributed by atoms with E-state index in [1.54, 1.807) is 33.8 Å². The van der Waals surface area contributed by atoms with Crippen LogP contribution in [0.25, 0.3) is 0 Å². The summed E-state index contributed by atoms with van der Waals surface area (Å²) in [5.41, 5.74) is 7.16. The molecule has 0 saturated heterocycles. The van der Waals surface area contributed by atoms with Crippen molar-refractivity contribution < 1.29 is 14.3 Å². The zero-order chi connectivity index (χ0) is 21.0. The molecule has 0 aromatic heterocycles. The second kappa shape index (κ2) is 12.5. The maximum Gasteiger partial charge on any atom is 0.358 e. The van der Waals surface area contributed by atoms with Crippen LogP contribution in [-0.2, 0) is 14.3 Å². The lowest BCUT2D eigenvalue weighted by molar-refractivity contribution is -0.138. The molecule has 1 fully saturated rings. The Labute approximate surface area is 162 Å². The largest absolute Gasteiger partial charge is 0.461 e. The van der Waals surface area contributed by atoms with E-state index in [1.165, 1.54) is 32.6 Å². The van der Waals surface area contributed by atoms with Crippen molar-refractivity contribution in [1.82, 2.24) is 0 Å². The van der Waals surface area contributed by atoms with Gasteiger partial charge in [-0.05, 0) is 51.8 Å². The Morgan fingerprint density at radius 1 is 1.22 bits per heavy atom. The quantitative estimate of drug-likeness (QED) is 0.168. The Morgan fingerprint density at radius 2 is 1.74 bits per heavy atom. The molecule has 148 valence electrons. The van der Waals surface area contributed by atoms with Crippen LogP contribution in [0.2, 0.25) is 0 Å². The van der Waals surface area contributed by atoms with Crippen LogP contribution >= 0.6 is 0 Å². The third kappa shape index (κ3) is 8.91. The number of esters is 1. The molecule has 3 N–H and O–H groups in total. The first kappa shape index (κ1) is 24.2. The molecule has 6 nitrogen and oxygen atoms in total. The summed E-state index contributed by atoms with van der Waals surface area (Å²) in [6.45, 7) is 12.1. The van der Waals surface area contributed by atoms with Crippen LogP contribution in [0.4, 0.5) is 0 Å². The number of hydrogen-bond acceptors (Lipinski definition) is 6. The number of carbonyl (C=O) groups is 1. The average Bonchev–Trinajstić information content (AvgIpc) is 2.50. The molecule has 1 rings (SSSR count). The van der Waals surface area contributed by atoms with Gasteiger partial charge >= 0.3 is 5.97 Å². The van der Waals surface area contributed by atoms with Crippen molar-refractivity contribution in [2.45, 2.75) is 60.3 Å². The van der Waals surface area contributed by atoms with Gasteiger partial charge in [-0.1, -0.05) is 32.3 Å². The minimum absolute atomic E-state index is 0.00894. The Bertz CT molecular complexity index is 699. The Balaban J connectivity index is 0.00000148. The van der Waals surface area contributed by atoms with E-state index in [9.17, 15) is 4.79 Å². The number of ether oxygens (including phenoxy) is 2. The van der Waals surface area contributed by atoms with E-state index in [4.69, 9.17) is 25.9 Å². The molecule has 0 bridgehead atoms. The maximum absolute atomic E-state index is 11.7. The first-order valence-electron chi connectivity index (χ1n) is 9.01. The molecule has 0 aromatic carbocycles. The van der Waals surface area contributed by atoms with Crippen molar-refractivity contribution >= 4 is 11.7 Å². The van der Waals surface area contributed by atoms with E-state index in [-0.39, 0.29) is 23.8 Å². The van der Waals surface area contributed by atoms with Crippen LogP contribution in [0.3, 0.4) is 0 Å². The molecule has 0 amide bonds. The zero-order valence-corrected chi connectivity index (χ0v) is 17.1. The lowest BCUT2D eigenvalue weighted by atomic mass is 10.0. The van der Waals surface area contributed by atoms with E-state index in [0.29, 0.717) is 22.5 Å². The van der Waals surface area contributed by atoms with Crippen molar-refractivity contribution in [2.75, 3.05) is 6.61 Å². The van der Waals surface area contributed by atoms with Crippen molar-refractivity contribution in [1.29, 1.82) is 10.7 Å². The van der Waals surface area contributed by atoms with Gasteiger partial charge in [-0.2, -0.15) is 5.26 Å². The normalized spacial score (nSPS) is 14.9. The summed E-state index contributed by atoms with van der Waals surface area (Å²) in [5.74, 6) is -0.432. The van der Waals surface area contributed by atoms with Gasteiger partial charge in [-0.3, -0.25) is 0 Å². The minimum atomic E-state index is -0.742. The maximum atomic E-state index is 11.7. The Hall–Kier alpha value is -2.81. The van der Waals surface area contributed by atoms with Gasteiger partial charge in [0.2, 0.25) is 0 Å². The highest BCUT2D eigenvalue weighted by Gasteiger charge is 2.17. The predicted octanol–water partition coefficient (Wildman–Crippen LogP) is 4.66. The number of nitrogens with zero attached hydrogens (tertiary/aromatic N) is 1. The fraction of sp³-hybridized carbons (Fsp3) is 0.476. The molecular formula is C21H31N3O3. The van der Waals surface area contributed by atoms with Crippen LogP contribution in [-0.4, -0.2) is 18.3 Å². The van der Waals surface area contributed by atoms with Gasteiger partial charge < -0.3 is 20.6 Å². The molecule has 27 heavy (non-hydrogen) atoms. The number of nitrogens with one attached hydrogen (secondary N) is 1. The summed E-state index contributed by atoms with van der Waals surface area (Å²) in [5, 5.41) is 16.8. The van der Waals surface area contributed by atoms with Crippen molar-refractivity contribution in [3.05, 3.63) is 46.6 Å². The number of hydrogen-bond donors (Lipinski definition) is 2. The number of nitriles is 1. The van der Waals surface area contributed by atoms with Gasteiger partial charge in [0, 0.05) is 0 Å². The van der Waals surface area contributed by atoms with E-state index < -0.39 is 5.97 Å². The molecule has 0 aliphatic heterocycles. The van der Waals surface area contributed by atoms with Gasteiger partial charge in [0.1, 0.15) is 5.76 Å². The lowest BCUT2D eigenvalue weighted by Crippen LogP contribution is -2.21. The number of carbonyl (C=O) groups excluding carboxylic acids is 1. The molecule has 1 aliphatic rings. The highest BCUT2D eigenvalue weighted by molar-refractivity contribution is 6.02. The van der Waals surface area contributed by atoms with Gasteiger partial charge in [0.25, 0.3) is 0 Å². The fourth-order valence-corrected chi connectivity index (χ4v) is 1.97. The van der Waals surface area contributed by atoms with Crippen molar-refractivity contribution in [3.63, 3.8) is 0 Å². The summed E-state index contributed by atoms with van der Waals surface area (Å²) in [4.78, 5) is 11.7. The summed E-state index contributed by atoms with van der Waals surface area (Å²) in [7, 11) is 0. The molecule has 6 heteroatoms. The summed E-state index contributed by atoms with van der Waals surface area (Å²) < 4.78 is 10.3. The SMILES string of the molecule is C1CCC1.C=C(C)/C(C#N)=C(C)\C=C(/C)O/C(C(C)=N)=C(/N)C(=O)OCC. The first-order valence-corrected chi connectivity index (χ1v) is 9.01. The molecule has 1 aliphatic carbocycles. The van der Waals surface area contributed by atoms with E-state index in [0.717, 1.165) is 0 Å². The number of rotatable bonds is 7.